The Morgan fingerprint density at radius 3 is 1.02 bits per heavy atom. The van der Waals surface area contributed by atoms with E-state index >= 15 is 0 Å². The number of nitrogens with zero attached hydrogens (tertiary/aromatic N) is 2. The molecule has 2 atom stereocenters. The van der Waals surface area contributed by atoms with Crippen molar-refractivity contribution in [3.05, 3.63) is 188 Å². The summed E-state index contributed by atoms with van der Waals surface area (Å²) in [7, 11) is -0.952. The molecule has 6 aromatic carbocycles. The van der Waals surface area contributed by atoms with Crippen molar-refractivity contribution in [1.29, 1.82) is 0 Å². The van der Waals surface area contributed by atoms with E-state index in [1.54, 1.807) is 12.1 Å². The average molecular weight is 1250 g/mol. The lowest BCUT2D eigenvalue weighted by Crippen LogP contribution is -2.41. The number of aliphatic imine (C=N–C) groups is 2. The van der Waals surface area contributed by atoms with Gasteiger partial charge < -0.3 is 28.1 Å². The average Bonchev–Trinajstić information content (AvgIpc) is 4.15. The number of benzene rings is 6. The lowest BCUT2D eigenvalue weighted by molar-refractivity contribution is -0.275. The van der Waals surface area contributed by atoms with Crippen LogP contribution in [-0.2, 0) is 18.6 Å². The van der Waals surface area contributed by atoms with Gasteiger partial charge in [0, 0.05) is 20.4 Å². The quantitative estimate of drug-likeness (QED) is 0.112. The molecule has 0 amide bonds. The summed E-state index contributed by atoms with van der Waals surface area (Å²) in [6.45, 7) is 16.2. The molecule has 0 unspecified atom stereocenters. The Kier molecular flexibility index (Phi) is 19.3. The highest BCUT2D eigenvalue weighted by Gasteiger charge is 2.63. The van der Waals surface area contributed by atoms with Crippen LogP contribution < -0.4 is 9.47 Å². The van der Waals surface area contributed by atoms with Crippen molar-refractivity contribution in [2.45, 2.75) is 128 Å². The molecule has 0 radical (unpaired) electrons. The van der Waals surface area contributed by atoms with Gasteiger partial charge in [-0.15, -0.1) is 26.3 Å². The lowest BCUT2D eigenvalue weighted by Gasteiger charge is -2.32. The van der Waals surface area contributed by atoms with E-state index in [-0.39, 0.29) is 57.1 Å². The Bertz CT molecular complexity index is 3040. The van der Waals surface area contributed by atoms with Gasteiger partial charge in [-0.2, -0.15) is 0 Å². The van der Waals surface area contributed by atoms with E-state index < -0.39 is 50.0 Å². The maximum atomic E-state index is 14.0. The van der Waals surface area contributed by atoms with E-state index in [0.717, 1.165) is 33.1 Å². The van der Waals surface area contributed by atoms with Crippen molar-refractivity contribution in [3.8, 4) is 22.6 Å². The van der Waals surface area contributed by atoms with Gasteiger partial charge >= 0.3 is 26.7 Å². The molecule has 0 spiro atoms. The minimum Gasteiger partial charge on any atom is -0.406 e. The molecule has 0 N–H and O–H groups in total. The maximum Gasteiger partial charge on any atom is 0.573 e. The zero-order valence-corrected chi connectivity index (χ0v) is 47.9. The van der Waals surface area contributed by atoms with Gasteiger partial charge in [-0.25, -0.2) is 17.6 Å². The van der Waals surface area contributed by atoms with E-state index in [9.17, 15) is 43.9 Å². The van der Waals surface area contributed by atoms with Crippen LogP contribution in [0.1, 0.15) is 115 Å². The van der Waals surface area contributed by atoms with Gasteiger partial charge in [0.25, 0.3) is 0 Å². The molecule has 424 valence electrons. The summed E-state index contributed by atoms with van der Waals surface area (Å²) >= 11 is 6.47. The van der Waals surface area contributed by atoms with E-state index in [1.165, 1.54) is 72.8 Å². The highest BCUT2D eigenvalue weighted by atomic mass is 79.9. The van der Waals surface area contributed by atoms with Crippen LogP contribution in [0.2, 0.25) is 0 Å². The molecule has 0 bridgehead atoms. The number of halogens is 12. The zero-order chi connectivity index (χ0) is 58.6. The Hall–Kier alpha value is -5.51. The number of ether oxygens (including phenoxy) is 2. The SMILES string of the molecule is CC1(C)OB(B2OC(C)(C)C(C)(C)O2)OC1(C)C.FC(F)(F)Oc1ccc(Br)cc1.Fc1cccc(F)c1C1=N[C@@H](c2ccc(-c3ccc(OC(F)(F)F)cc3)cc2)CC1.Fc1cccc(F)c1C1=N[C@@H](c2ccc(Br)cc2)CC1. The minimum atomic E-state index is -4.73. The number of hydrogen-bond donors (Lipinski definition) is 0. The fourth-order valence-electron chi connectivity index (χ4n) is 8.66. The number of alkyl halides is 6. The zero-order valence-electron chi connectivity index (χ0n) is 44.7. The number of rotatable bonds is 8. The van der Waals surface area contributed by atoms with E-state index in [0.29, 0.717) is 35.2 Å². The molecule has 8 nitrogen and oxygen atoms in total. The largest absolute Gasteiger partial charge is 0.573 e. The van der Waals surface area contributed by atoms with Crippen molar-refractivity contribution in [3.63, 3.8) is 0 Å². The standard InChI is InChI=1S/C23H16F5NO.C16H12BrF2N.C12H24B2O4.C7H4BrF3O/c24-18-2-1-3-19(25)22(18)21-13-12-20(29-21)16-6-4-14(5-7-16)15-8-10-17(11-9-15)30-23(26,27)28;17-11-6-4-10(5-7-11)14-8-9-15(20-14)16-12(18)2-1-3-13(16)19;1-9(2)10(3,4)16-13(15-9)14-17-11(5,6)12(7,8)18-14;8-5-1-3-6(4-2-5)12-7(9,10)11/h1-11,20H,12-13H2;1-7,14H,8-9H2;1-8H3;1-4H/t20-;14-;;/m11../s1. The first-order valence-corrected chi connectivity index (χ1v) is 26.9. The topological polar surface area (TPSA) is 80.1 Å². The van der Waals surface area contributed by atoms with Gasteiger partial charge in [0.1, 0.15) is 34.8 Å². The van der Waals surface area contributed by atoms with Crippen LogP contribution >= 0.6 is 31.9 Å². The van der Waals surface area contributed by atoms with Gasteiger partial charge in [-0.1, -0.05) is 92.5 Å². The van der Waals surface area contributed by atoms with E-state index in [4.69, 9.17) is 18.6 Å². The van der Waals surface area contributed by atoms with Crippen LogP contribution in [0.5, 0.6) is 11.5 Å². The summed E-state index contributed by atoms with van der Waals surface area (Å²) in [5.74, 6) is -2.83. The van der Waals surface area contributed by atoms with Crippen molar-refractivity contribution in [2.24, 2.45) is 9.98 Å². The molecule has 0 aliphatic carbocycles. The first kappa shape index (κ1) is 62.1. The molecule has 4 aliphatic heterocycles. The third-order valence-electron chi connectivity index (χ3n) is 14.2. The molecule has 2 saturated heterocycles. The highest BCUT2D eigenvalue weighted by molar-refractivity contribution is 9.10. The van der Waals surface area contributed by atoms with Crippen molar-refractivity contribution in [1.82, 2.24) is 0 Å². The summed E-state index contributed by atoms with van der Waals surface area (Å²) in [5.41, 5.74) is 2.98. The minimum absolute atomic E-state index is 0.0166. The fraction of sp³-hybridized carbons (Fsp3) is 0.345. The Labute approximate surface area is 475 Å². The van der Waals surface area contributed by atoms with Gasteiger partial charge in [0.15, 0.2) is 0 Å². The molecule has 4 aliphatic rings. The third-order valence-corrected chi connectivity index (χ3v) is 15.3. The molecule has 0 aromatic heterocycles. The first-order valence-electron chi connectivity index (χ1n) is 25.3. The summed E-state index contributed by atoms with van der Waals surface area (Å²) < 4.78 is 160. The lowest BCUT2D eigenvalue weighted by atomic mass is 9.49. The van der Waals surface area contributed by atoms with E-state index in [1.807, 2.05) is 104 Å². The van der Waals surface area contributed by atoms with E-state index in [2.05, 4.69) is 51.3 Å². The fourth-order valence-corrected chi connectivity index (χ4v) is 9.19. The third kappa shape index (κ3) is 15.9. The second-order valence-corrected chi connectivity index (χ2v) is 22.8. The van der Waals surface area contributed by atoms with Crippen LogP contribution in [0.3, 0.4) is 0 Å². The van der Waals surface area contributed by atoms with Crippen LogP contribution in [0, 0.1) is 23.3 Å². The van der Waals surface area contributed by atoms with Crippen LogP contribution in [0.4, 0.5) is 43.9 Å². The van der Waals surface area contributed by atoms with Crippen molar-refractivity contribution >= 4 is 57.3 Å². The Morgan fingerprint density at radius 1 is 0.438 bits per heavy atom. The van der Waals surface area contributed by atoms with Crippen LogP contribution in [-0.4, -0.2) is 60.6 Å². The van der Waals surface area contributed by atoms with Gasteiger partial charge in [0.2, 0.25) is 0 Å². The molecular formula is C58H56B2Br2F10N2O6. The van der Waals surface area contributed by atoms with Gasteiger partial charge in [-0.3, -0.25) is 9.98 Å². The van der Waals surface area contributed by atoms with Gasteiger partial charge in [-0.05, 0) is 176 Å². The summed E-state index contributed by atoms with van der Waals surface area (Å²) in [6.07, 6.45) is -6.84. The monoisotopic (exact) mass is 1250 g/mol. The second-order valence-electron chi connectivity index (χ2n) is 21.0. The second kappa shape index (κ2) is 24.9. The molecule has 22 heteroatoms. The molecule has 0 saturated carbocycles. The first-order chi connectivity index (χ1) is 37.3. The summed E-state index contributed by atoms with van der Waals surface area (Å²) in [5, 5.41) is 0. The highest BCUT2D eigenvalue weighted by Crippen LogP contribution is 2.43. The normalized spacial score (nSPS) is 19.6. The van der Waals surface area contributed by atoms with Crippen molar-refractivity contribution in [2.75, 3.05) is 0 Å². The molecule has 80 heavy (non-hydrogen) atoms. The number of hydrogen-bond acceptors (Lipinski definition) is 8. The summed E-state index contributed by atoms with van der Waals surface area (Å²) in [6, 6.07) is 33.8. The predicted molar refractivity (Wildman–Crippen MR) is 295 cm³/mol. The smallest absolute Gasteiger partial charge is 0.406 e. The predicted octanol–water partition coefficient (Wildman–Crippen LogP) is 17.5. The Balaban J connectivity index is 0.000000162. The molecule has 6 aromatic rings. The van der Waals surface area contributed by atoms with Crippen LogP contribution in [0.25, 0.3) is 11.1 Å². The molecular weight excluding hydrogens is 1190 g/mol. The molecule has 10 rings (SSSR count). The Morgan fingerprint density at radius 2 is 0.713 bits per heavy atom. The maximum absolute atomic E-state index is 14.0. The molecule has 4 heterocycles. The van der Waals surface area contributed by atoms with Crippen molar-refractivity contribution < 1.29 is 72.0 Å². The van der Waals surface area contributed by atoms with Crippen LogP contribution in [0.15, 0.2) is 152 Å². The molecule has 2 fully saturated rings. The summed E-state index contributed by atoms with van der Waals surface area (Å²) in [4.78, 5) is 9.01. The van der Waals surface area contributed by atoms with Gasteiger partial charge in [0.05, 0.1) is 45.6 Å².